The Morgan fingerprint density at radius 2 is 1.77 bits per heavy atom. The Balaban J connectivity index is 1.46. The lowest BCUT2D eigenvalue weighted by Gasteiger charge is -2.36. The predicted molar refractivity (Wildman–Crippen MR) is 119 cm³/mol. The molecule has 2 N–H and O–H groups in total. The highest BCUT2D eigenvalue weighted by Gasteiger charge is 2.22. The van der Waals surface area contributed by atoms with E-state index in [0.29, 0.717) is 12.3 Å². The van der Waals surface area contributed by atoms with Gasteiger partial charge in [-0.1, -0.05) is 29.8 Å². The molecular formula is C23H30N4O3. The van der Waals surface area contributed by atoms with Crippen LogP contribution in [0.25, 0.3) is 0 Å². The number of benzene rings is 2. The molecule has 0 unspecified atom stereocenters. The fourth-order valence-corrected chi connectivity index (χ4v) is 3.62. The number of anilines is 2. The Kier molecular flexibility index (Phi) is 7.30. The molecule has 0 aromatic heterocycles. The maximum atomic E-state index is 12.3. The second kappa shape index (κ2) is 10.1. The van der Waals surface area contributed by atoms with Gasteiger partial charge in [0.25, 0.3) is 0 Å². The van der Waals surface area contributed by atoms with Gasteiger partial charge in [0.05, 0.1) is 18.8 Å². The second-order valence-corrected chi connectivity index (χ2v) is 7.48. The van der Waals surface area contributed by atoms with E-state index in [0.717, 1.165) is 48.7 Å². The topological polar surface area (TPSA) is 73.9 Å². The van der Waals surface area contributed by atoms with Crippen LogP contribution in [0, 0.1) is 13.8 Å². The average Bonchev–Trinajstić information content (AvgIpc) is 2.71. The van der Waals surface area contributed by atoms with E-state index in [1.165, 1.54) is 0 Å². The summed E-state index contributed by atoms with van der Waals surface area (Å²) in [4.78, 5) is 28.8. The van der Waals surface area contributed by atoms with E-state index in [4.69, 9.17) is 4.74 Å². The van der Waals surface area contributed by atoms with E-state index in [9.17, 15) is 9.59 Å². The van der Waals surface area contributed by atoms with Crippen LogP contribution in [0.3, 0.4) is 0 Å². The molecule has 0 aliphatic carbocycles. The molecule has 2 aromatic carbocycles. The van der Waals surface area contributed by atoms with Crippen molar-refractivity contribution in [2.75, 3.05) is 49.5 Å². The largest absolute Gasteiger partial charge is 0.492 e. The minimum Gasteiger partial charge on any atom is -0.492 e. The number of nitrogens with one attached hydrogen (secondary N) is 2. The number of amides is 3. The number of hydrogen-bond acceptors (Lipinski definition) is 5. The molecule has 0 radical (unpaired) electrons. The van der Waals surface area contributed by atoms with Crippen molar-refractivity contribution in [1.29, 1.82) is 0 Å². The summed E-state index contributed by atoms with van der Waals surface area (Å²) in [6.07, 6.45) is 0. The Morgan fingerprint density at radius 1 is 1.03 bits per heavy atom. The molecule has 7 heteroatoms. The first-order valence-corrected chi connectivity index (χ1v) is 10.3. The maximum Gasteiger partial charge on any atom is 0.325 e. The molecule has 30 heavy (non-hydrogen) atoms. The fraction of sp³-hybridized carbons (Fsp3) is 0.391. The summed E-state index contributed by atoms with van der Waals surface area (Å²) in [6, 6.07) is 13.3. The van der Waals surface area contributed by atoms with E-state index in [2.05, 4.69) is 26.5 Å². The summed E-state index contributed by atoms with van der Waals surface area (Å²) in [5.74, 6) is 0.578. The van der Waals surface area contributed by atoms with E-state index in [1.54, 1.807) is 0 Å². The summed E-state index contributed by atoms with van der Waals surface area (Å²) < 4.78 is 5.73. The third-order valence-corrected chi connectivity index (χ3v) is 5.13. The lowest BCUT2D eigenvalue weighted by atomic mass is 10.1. The molecule has 0 atom stereocenters. The fourth-order valence-electron chi connectivity index (χ4n) is 3.62. The predicted octanol–water partition coefficient (Wildman–Crippen LogP) is 3.17. The number of rotatable bonds is 6. The van der Waals surface area contributed by atoms with Crippen LogP contribution in [0.2, 0.25) is 0 Å². The van der Waals surface area contributed by atoms with Crippen LogP contribution in [-0.4, -0.2) is 56.2 Å². The first-order valence-electron chi connectivity index (χ1n) is 10.3. The summed E-state index contributed by atoms with van der Waals surface area (Å²) in [5.41, 5.74) is 3.86. The molecule has 1 aliphatic rings. The van der Waals surface area contributed by atoms with Gasteiger partial charge in [0.15, 0.2) is 0 Å². The van der Waals surface area contributed by atoms with Crippen molar-refractivity contribution < 1.29 is 14.3 Å². The Morgan fingerprint density at radius 3 is 2.47 bits per heavy atom. The number of nitrogens with zero attached hydrogens (tertiary/aromatic N) is 2. The monoisotopic (exact) mass is 410 g/mol. The van der Waals surface area contributed by atoms with Gasteiger partial charge in [0.2, 0.25) is 5.91 Å². The minimum absolute atomic E-state index is 0.196. The van der Waals surface area contributed by atoms with Gasteiger partial charge in [-0.2, -0.15) is 0 Å². The minimum atomic E-state index is -0.503. The lowest BCUT2D eigenvalue weighted by Crippen LogP contribution is -2.50. The second-order valence-electron chi connectivity index (χ2n) is 7.48. The van der Waals surface area contributed by atoms with Crippen LogP contribution < -0.4 is 20.3 Å². The van der Waals surface area contributed by atoms with Crippen LogP contribution in [-0.2, 0) is 4.79 Å². The molecule has 0 bridgehead atoms. The smallest absolute Gasteiger partial charge is 0.325 e. The number of para-hydroxylation sites is 2. The van der Waals surface area contributed by atoms with Gasteiger partial charge in [0, 0.05) is 31.9 Å². The summed E-state index contributed by atoms with van der Waals surface area (Å²) in [7, 11) is 0. The Labute approximate surface area is 178 Å². The maximum absolute atomic E-state index is 12.3. The highest BCUT2D eigenvalue weighted by molar-refractivity contribution is 6.02. The number of imide groups is 1. The molecule has 1 heterocycles. The van der Waals surface area contributed by atoms with Gasteiger partial charge >= 0.3 is 6.03 Å². The normalized spacial score (nSPS) is 14.3. The standard InChI is InChI=1S/C23H30N4O3/c1-4-30-21-8-6-5-7-20(21)27-13-11-26(12-14-27)16-22(28)25-23(29)24-19-10-9-17(2)15-18(19)3/h5-10,15H,4,11-14,16H2,1-3H3,(H2,24,25,28,29). The average molecular weight is 411 g/mol. The van der Waals surface area contributed by atoms with Crippen LogP contribution in [0.5, 0.6) is 5.75 Å². The van der Waals surface area contributed by atoms with Crippen LogP contribution in [0.4, 0.5) is 16.2 Å². The molecule has 1 saturated heterocycles. The highest BCUT2D eigenvalue weighted by atomic mass is 16.5. The lowest BCUT2D eigenvalue weighted by molar-refractivity contribution is -0.121. The van der Waals surface area contributed by atoms with Crippen molar-refractivity contribution in [3.05, 3.63) is 53.6 Å². The zero-order chi connectivity index (χ0) is 21.5. The quantitative estimate of drug-likeness (QED) is 0.765. The van der Waals surface area contributed by atoms with E-state index >= 15 is 0 Å². The van der Waals surface area contributed by atoms with Gasteiger partial charge in [-0.15, -0.1) is 0 Å². The zero-order valence-corrected chi connectivity index (χ0v) is 17.9. The molecule has 0 saturated carbocycles. The van der Waals surface area contributed by atoms with Crippen LogP contribution in [0.1, 0.15) is 18.1 Å². The molecule has 3 rings (SSSR count). The molecule has 1 fully saturated rings. The van der Waals surface area contributed by atoms with Crippen molar-refractivity contribution in [2.24, 2.45) is 0 Å². The van der Waals surface area contributed by atoms with Gasteiger partial charge < -0.3 is 15.0 Å². The summed E-state index contributed by atoms with van der Waals surface area (Å²) >= 11 is 0. The molecule has 3 amide bonds. The number of carbonyl (C=O) groups is 2. The number of piperazine rings is 1. The zero-order valence-electron chi connectivity index (χ0n) is 17.9. The van der Waals surface area contributed by atoms with Crippen molar-refractivity contribution >= 4 is 23.3 Å². The molecule has 1 aliphatic heterocycles. The van der Waals surface area contributed by atoms with Gasteiger partial charge in [-0.3, -0.25) is 15.0 Å². The third kappa shape index (κ3) is 5.73. The molecule has 2 aromatic rings. The van der Waals surface area contributed by atoms with Crippen molar-refractivity contribution in [3.8, 4) is 5.75 Å². The van der Waals surface area contributed by atoms with Gasteiger partial charge in [0.1, 0.15) is 5.75 Å². The number of hydrogen-bond donors (Lipinski definition) is 2. The summed E-state index contributed by atoms with van der Waals surface area (Å²) in [5, 5.41) is 5.16. The Bertz CT molecular complexity index is 892. The molecule has 0 spiro atoms. The first kappa shape index (κ1) is 21.6. The number of urea groups is 1. The summed E-state index contributed by atoms with van der Waals surface area (Å²) in [6.45, 7) is 9.80. The Hall–Kier alpha value is -3.06. The van der Waals surface area contributed by atoms with Crippen molar-refractivity contribution in [3.63, 3.8) is 0 Å². The highest BCUT2D eigenvalue weighted by Crippen LogP contribution is 2.28. The van der Waals surface area contributed by atoms with E-state index in [-0.39, 0.29) is 12.5 Å². The number of carbonyl (C=O) groups excluding carboxylic acids is 2. The van der Waals surface area contributed by atoms with Gasteiger partial charge in [-0.05, 0) is 44.5 Å². The van der Waals surface area contributed by atoms with Gasteiger partial charge in [-0.25, -0.2) is 4.79 Å². The number of ether oxygens (including phenoxy) is 1. The van der Waals surface area contributed by atoms with E-state index in [1.807, 2.05) is 57.2 Å². The van der Waals surface area contributed by atoms with Crippen LogP contribution >= 0.6 is 0 Å². The number of aryl methyl sites for hydroxylation is 2. The van der Waals surface area contributed by atoms with Crippen molar-refractivity contribution in [2.45, 2.75) is 20.8 Å². The first-order chi connectivity index (χ1) is 14.5. The molecular weight excluding hydrogens is 380 g/mol. The molecule has 7 nitrogen and oxygen atoms in total. The van der Waals surface area contributed by atoms with Crippen molar-refractivity contribution in [1.82, 2.24) is 10.2 Å². The third-order valence-electron chi connectivity index (χ3n) is 5.13. The molecule has 160 valence electrons. The van der Waals surface area contributed by atoms with E-state index < -0.39 is 6.03 Å². The SMILES string of the molecule is CCOc1ccccc1N1CCN(CC(=O)NC(=O)Nc2ccc(C)cc2C)CC1. The van der Waals surface area contributed by atoms with Crippen LogP contribution in [0.15, 0.2) is 42.5 Å².